The van der Waals surface area contributed by atoms with E-state index in [1.165, 1.54) is 4.40 Å². The van der Waals surface area contributed by atoms with Gasteiger partial charge in [-0.2, -0.15) is 8.97 Å². The minimum Gasteiger partial charge on any atom is -0.477 e. The van der Waals surface area contributed by atoms with Crippen LogP contribution in [0.4, 0.5) is 0 Å². The van der Waals surface area contributed by atoms with Crippen molar-refractivity contribution < 1.29 is 14.5 Å². The van der Waals surface area contributed by atoms with Crippen molar-refractivity contribution >= 4 is 11.9 Å². The fourth-order valence-electron chi connectivity index (χ4n) is 2.15. The van der Waals surface area contributed by atoms with Crippen LogP contribution in [0, 0.1) is 5.92 Å². The van der Waals surface area contributed by atoms with Crippen LogP contribution < -0.4 is 10.1 Å². The maximum absolute atomic E-state index is 12.0. The summed E-state index contributed by atoms with van der Waals surface area (Å²) in [5.41, 5.74) is -0.0537. The summed E-state index contributed by atoms with van der Waals surface area (Å²) in [6.45, 7) is 0.639. The van der Waals surface area contributed by atoms with E-state index in [0.717, 1.165) is 12.8 Å². The van der Waals surface area contributed by atoms with E-state index in [1.807, 2.05) is 0 Å². The van der Waals surface area contributed by atoms with Crippen LogP contribution in [0.25, 0.3) is 5.65 Å². The Balaban J connectivity index is 2.36. The van der Waals surface area contributed by atoms with Crippen LogP contribution in [-0.2, 0) is 6.54 Å². The molecule has 0 atom stereocenters. The molecule has 0 spiro atoms. The van der Waals surface area contributed by atoms with Gasteiger partial charge in [-0.1, -0.05) is 6.07 Å². The first-order valence-corrected chi connectivity index (χ1v) is 5.93. The van der Waals surface area contributed by atoms with E-state index in [4.69, 9.17) is 0 Å². The number of hydrogen-bond acceptors (Lipinski definition) is 3. The van der Waals surface area contributed by atoms with E-state index in [0.29, 0.717) is 24.4 Å². The lowest BCUT2D eigenvalue weighted by atomic mass is 10.3. The third kappa shape index (κ3) is 1.59. The molecule has 18 heavy (non-hydrogen) atoms. The second-order valence-electron chi connectivity index (χ2n) is 4.64. The number of carbonyl (C=O) groups is 1. The second kappa shape index (κ2) is 3.94. The fraction of sp³-hybridized carbons (Fsp3) is 0.308. The fourth-order valence-corrected chi connectivity index (χ4v) is 2.15. The van der Waals surface area contributed by atoms with Crippen LogP contribution >= 0.6 is 0 Å². The molecular formula is C13H13N2O3+. The molecular weight excluding hydrogens is 232 g/mol. The second-order valence-corrected chi connectivity index (χ2v) is 4.64. The van der Waals surface area contributed by atoms with Crippen molar-refractivity contribution in [3.05, 3.63) is 40.3 Å². The first-order chi connectivity index (χ1) is 8.72. The average molecular weight is 245 g/mol. The normalized spacial score (nSPS) is 14.9. The molecule has 2 aromatic heterocycles. The third-order valence-corrected chi connectivity index (χ3v) is 3.32. The smallest absolute Gasteiger partial charge is 0.357 e. The van der Waals surface area contributed by atoms with Crippen molar-refractivity contribution in [2.75, 3.05) is 0 Å². The molecule has 0 amide bonds. The summed E-state index contributed by atoms with van der Waals surface area (Å²) >= 11 is 0. The molecule has 1 saturated carbocycles. The van der Waals surface area contributed by atoms with Gasteiger partial charge in [-0.25, -0.2) is 4.79 Å². The summed E-state index contributed by atoms with van der Waals surface area (Å²) in [6.07, 6.45) is 4.27. The van der Waals surface area contributed by atoms with Crippen molar-refractivity contribution in [2.45, 2.75) is 19.4 Å². The Morgan fingerprint density at radius 2 is 2.22 bits per heavy atom. The monoisotopic (exact) mass is 245 g/mol. The lowest BCUT2D eigenvalue weighted by molar-refractivity contribution is -0.684. The molecule has 0 saturated heterocycles. The molecule has 1 aliphatic carbocycles. The van der Waals surface area contributed by atoms with Gasteiger partial charge in [0.1, 0.15) is 0 Å². The third-order valence-electron chi connectivity index (χ3n) is 3.32. The predicted molar refractivity (Wildman–Crippen MR) is 63.6 cm³/mol. The number of rotatable bonds is 3. The van der Waals surface area contributed by atoms with E-state index >= 15 is 0 Å². The molecule has 92 valence electrons. The Labute approximate surface area is 103 Å². The first-order valence-electron chi connectivity index (χ1n) is 5.93. The van der Waals surface area contributed by atoms with Crippen molar-refractivity contribution in [3.8, 4) is 5.88 Å². The quantitative estimate of drug-likeness (QED) is 0.633. The number of hydrogen-bond donors (Lipinski definition) is 1. The molecule has 2 heterocycles. The van der Waals surface area contributed by atoms with Gasteiger partial charge in [-0.3, -0.25) is 4.79 Å². The maximum Gasteiger partial charge on any atom is 0.357 e. The topological polar surface area (TPSA) is 62.7 Å². The van der Waals surface area contributed by atoms with Gasteiger partial charge in [0.25, 0.3) is 5.65 Å². The summed E-state index contributed by atoms with van der Waals surface area (Å²) < 4.78 is 3.04. The molecule has 0 aromatic carbocycles. The van der Waals surface area contributed by atoms with Gasteiger partial charge in [-0.15, -0.1) is 0 Å². The molecule has 0 aliphatic heterocycles. The number of carbonyl (C=O) groups excluding carboxylic acids is 1. The number of aldehydes is 1. The van der Waals surface area contributed by atoms with Gasteiger partial charge >= 0.3 is 11.4 Å². The number of aromatic nitrogens is 2. The Kier molecular flexibility index (Phi) is 2.40. The Hall–Kier alpha value is -2.17. The summed E-state index contributed by atoms with van der Waals surface area (Å²) in [7, 11) is 0. The van der Waals surface area contributed by atoms with Crippen molar-refractivity contribution in [3.63, 3.8) is 0 Å². The van der Waals surface area contributed by atoms with E-state index in [2.05, 4.69) is 0 Å². The SMILES string of the molecule is O=Cc1c(O)[n+](CC2CC2)c2ccccn2c1=O. The highest BCUT2D eigenvalue weighted by atomic mass is 16.3. The molecule has 5 nitrogen and oxygen atoms in total. The molecule has 0 unspecified atom stereocenters. The van der Waals surface area contributed by atoms with Crippen molar-refractivity contribution in [1.82, 2.24) is 4.40 Å². The predicted octanol–water partition coefficient (Wildman–Crippen LogP) is 0.515. The highest BCUT2D eigenvalue weighted by Crippen LogP contribution is 2.29. The highest BCUT2D eigenvalue weighted by molar-refractivity contribution is 5.76. The summed E-state index contributed by atoms with van der Waals surface area (Å²) in [5.74, 6) is 0.301. The Morgan fingerprint density at radius 1 is 1.44 bits per heavy atom. The number of aromatic hydroxyl groups is 1. The molecule has 0 radical (unpaired) electrons. The van der Waals surface area contributed by atoms with E-state index in [-0.39, 0.29) is 11.4 Å². The number of fused-ring (bicyclic) bond motifs is 1. The van der Waals surface area contributed by atoms with Crippen LogP contribution in [-0.4, -0.2) is 15.8 Å². The van der Waals surface area contributed by atoms with Gasteiger partial charge < -0.3 is 5.11 Å². The molecule has 0 bridgehead atoms. The minimum absolute atomic E-state index is 0.181. The van der Waals surface area contributed by atoms with Gasteiger partial charge in [-0.05, 0) is 24.8 Å². The first kappa shape index (κ1) is 11.0. The lowest BCUT2D eigenvalue weighted by Gasteiger charge is -2.06. The molecule has 2 aromatic rings. The zero-order valence-electron chi connectivity index (χ0n) is 9.74. The zero-order chi connectivity index (χ0) is 12.7. The van der Waals surface area contributed by atoms with Gasteiger partial charge in [0, 0.05) is 6.07 Å². The summed E-state index contributed by atoms with van der Waals surface area (Å²) in [6, 6.07) is 5.29. The van der Waals surface area contributed by atoms with Crippen LogP contribution in [0.1, 0.15) is 23.2 Å². The van der Waals surface area contributed by atoms with E-state index in [9.17, 15) is 14.7 Å². The Morgan fingerprint density at radius 3 is 2.89 bits per heavy atom. The molecule has 1 fully saturated rings. The molecule has 5 heteroatoms. The van der Waals surface area contributed by atoms with Gasteiger partial charge in [0.15, 0.2) is 11.8 Å². The van der Waals surface area contributed by atoms with Crippen molar-refractivity contribution in [2.24, 2.45) is 5.92 Å². The highest BCUT2D eigenvalue weighted by Gasteiger charge is 2.29. The number of pyridine rings is 1. The zero-order valence-corrected chi connectivity index (χ0v) is 9.74. The van der Waals surface area contributed by atoms with Crippen LogP contribution in [0.2, 0.25) is 0 Å². The van der Waals surface area contributed by atoms with Crippen LogP contribution in [0.3, 0.4) is 0 Å². The van der Waals surface area contributed by atoms with E-state index in [1.54, 1.807) is 29.0 Å². The Bertz CT molecular complexity index is 686. The summed E-state index contributed by atoms with van der Waals surface area (Å²) in [4.78, 5) is 23.0. The molecule has 1 N–H and O–H groups in total. The van der Waals surface area contributed by atoms with E-state index < -0.39 is 5.56 Å². The summed E-state index contributed by atoms with van der Waals surface area (Å²) in [5, 5.41) is 10.1. The van der Waals surface area contributed by atoms with Gasteiger partial charge in [0.05, 0.1) is 12.7 Å². The van der Waals surface area contributed by atoms with Crippen LogP contribution in [0.5, 0.6) is 5.88 Å². The number of nitrogens with zero attached hydrogens (tertiary/aromatic N) is 2. The molecule has 3 rings (SSSR count). The van der Waals surface area contributed by atoms with Crippen LogP contribution in [0.15, 0.2) is 29.2 Å². The lowest BCUT2D eigenvalue weighted by Crippen LogP contribution is -2.42. The minimum atomic E-state index is -0.481. The van der Waals surface area contributed by atoms with Crippen molar-refractivity contribution in [1.29, 1.82) is 0 Å². The largest absolute Gasteiger partial charge is 0.477 e. The average Bonchev–Trinajstić information content (AvgIpc) is 3.19. The standard InChI is InChI=1S/C13H12N2O3/c16-8-10-12(17)14-6-2-1-3-11(14)15(13(10)18)7-9-4-5-9/h1-3,6,8-9H,4-5,7H2/p+1. The van der Waals surface area contributed by atoms with Gasteiger partial charge in [0.2, 0.25) is 0 Å². The maximum atomic E-state index is 12.0. The molecule has 1 aliphatic rings.